The van der Waals surface area contributed by atoms with Crippen molar-refractivity contribution in [2.75, 3.05) is 19.0 Å². The zero-order chi connectivity index (χ0) is 22.0. The third-order valence-electron chi connectivity index (χ3n) is 4.93. The largest absolute Gasteiger partial charge is 0.493 e. The standard InChI is InChI=1S/C22H21ClFN5O2/c1-13-11-25-14(2)29(13)6-7-31-21-10-19-16(9-20(21)30-3)22(27-12-26-19)28-18-5-4-15(23)8-17(18)24/h4-5,8-12H,6-7H2,1-3H3,(H,26,27,28). The van der Waals surface area contributed by atoms with Gasteiger partial charge in [-0.25, -0.2) is 19.3 Å². The number of anilines is 2. The highest BCUT2D eigenvalue weighted by molar-refractivity contribution is 6.30. The first kappa shape index (κ1) is 20.9. The molecule has 0 aliphatic carbocycles. The maximum absolute atomic E-state index is 14.2. The number of imidazole rings is 1. The fourth-order valence-electron chi connectivity index (χ4n) is 3.32. The molecule has 0 aliphatic heterocycles. The SMILES string of the molecule is COc1cc2c(Nc3ccc(Cl)cc3F)ncnc2cc1OCCn1c(C)cnc1C. The average molecular weight is 442 g/mol. The number of rotatable bonds is 7. The van der Waals surface area contributed by atoms with Crippen LogP contribution in [0.1, 0.15) is 11.5 Å². The molecular weight excluding hydrogens is 421 g/mol. The van der Waals surface area contributed by atoms with Gasteiger partial charge in [0.2, 0.25) is 0 Å². The van der Waals surface area contributed by atoms with Crippen molar-refractivity contribution >= 4 is 34.0 Å². The summed E-state index contributed by atoms with van der Waals surface area (Å²) >= 11 is 5.83. The van der Waals surface area contributed by atoms with Crippen LogP contribution < -0.4 is 14.8 Å². The summed E-state index contributed by atoms with van der Waals surface area (Å²) in [4.78, 5) is 12.9. The number of ether oxygens (including phenoxy) is 2. The maximum atomic E-state index is 14.2. The van der Waals surface area contributed by atoms with Crippen LogP contribution in [0.2, 0.25) is 5.02 Å². The van der Waals surface area contributed by atoms with Gasteiger partial charge >= 0.3 is 0 Å². The van der Waals surface area contributed by atoms with Crippen molar-refractivity contribution in [1.82, 2.24) is 19.5 Å². The summed E-state index contributed by atoms with van der Waals surface area (Å²) in [6, 6.07) is 7.96. The molecule has 2 heterocycles. The van der Waals surface area contributed by atoms with Crippen LogP contribution in [0, 0.1) is 19.7 Å². The Labute approximate surface area is 183 Å². The van der Waals surface area contributed by atoms with Crippen LogP contribution in [0.3, 0.4) is 0 Å². The van der Waals surface area contributed by atoms with Crippen LogP contribution in [-0.4, -0.2) is 33.2 Å². The second kappa shape index (κ2) is 8.77. The topological polar surface area (TPSA) is 74.1 Å². The molecule has 0 amide bonds. The van der Waals surface area contributed by atoms with Gasteiger partial charge in [-0.3, -0.25) is 0 Å². The molecule has 2 aromatic heterocycles. The van der Waals surface area contributed by atoms with E-state index in [9.17, 15) is 4.39 Å². The Hall–Kier alpha value is -3.39. The van der Waals surface area contributed by atoms with E-state index in [0.29, 0.717) is 46.4 Å². The van der Waals surface area contributed by atoms with Crippen LogP contribution >= 0.6 is 11.6 Å². The number of nitrogens with one attached hydrogen (secondary N) is 1. The summed E-state index contributed by atoms with van der Waals surface area (Å²) in [5.74, 6) is 2.00. The van der Waals surface area contributed by atoms with Gasteiger partial charge in [0, 0.05) is 28.4 Å². The zero-order valence-electron chi connectivity index (χ0n) is 17.3. The lowest BCUT2D eigenvalue weighted by Gasteiger charge is -2.15. The molecule has 4 aromatic rings. The molecule has 0 atom stereocenters. The number of fused-ring (bicyclic) bond motifs is 1. The van der Waals surface area contributed by atoms with Crippen molar-refractivity contribution in [3.05, 3.63) is 65.2 Å². The van der Waals surface area contributed by atoms with E-state index in [1.807, 2.05) is 20.0 Å². The first-order chi connectivity index (χ1) is 15.0. The second-order valence-electron chi connectivity index (χ2n) is 6.94. The lowest BCUT2D eigenvalue weighted by molar-refractivity contribution is 0.278. The predicted molar refractivity (Wildman–Crippen MR) is 118 cm³/mol. The van der Waals surface area contributed by atoms with Gasteiger partial charge in [0.1, 0.15) is 30.4 Å². The van der Waals surface area contributed by atoms with E-state index in [1.54, 1.807) is 31.4 Å². The molecule has 7 nitrogen and oxygen atoms in total. The summed E-state index contributed by atoms with van der Waals surface area (Å²) < 4.78 is 27.8. The first-order valence-corrected chi connectivity index (χ1v) is 10.0. The van der Waals surface area contributed by atoms with Crippen LogP contribution in [0.15, 0.2) is 42.9 Å². The summed E-state index contributed by atoms with van der Waals surface area (Å²) in [7, 11) is 1.56. The van der Waals surface area contributed by atoms with Gasteiger partial charge in [0.25, 0.3) is 0 Å². The van der Waals surface area contributed by atoms with E-state index in [-0.39, 0.29) is 5.69 Å². The highest BCUT2D eigenvalue weighted by atomic mass is 35.5. The van der Waals surface area contributed by atoms with Gasteiger partial charge in [-0.2, -0.15) is 0 Å². The lowest BCUT2D eigenvalue weighted by atomic mass is 10.2. The molecule has 0 aliphatic rings. The van der Waals surface area contributed by atoms with Gasteiger partial charge in [-0.05, 0) is 38.1 Å². The third-order valence-corrected chi connectivity index (χ3v) is 5.17. The first-order valence-electron chi connectivity index (χ1n) is 9.62. The molecule has 0 fully saturated rings. The third kappa shape index (κ3) is 4.39. The van der Waals surface area contributed by atoms with Crippen molar-refractivity contribution in [3.63, 3.8) is 0 Å². The van der Waals surface area contributed by atoms with Gasteiger partial charge < -0.3 is 19.4 Å². The van der Waals surface area contributed by atoms with Gasteiger partial charge in [0.15, 0.2) is 11.5 Å². The monoisotopic (exact) mass is 441 g/mol. The van der Waals surface area contributed by atoms with E-state index in [0.717, 1.165) is 11.5 Å². The minimum Gasteiger partial charge on any atom is -0.493 e. The van der Waals surface area contributed by atoms with E-state index in [1.165, 1.54) is 12.4 Å². The Kier molecular flexibility index (Phi) is 5.90. The Balaban J connectivity index is 1.60. The van der Waals surface area contributed by atoms with Crippen molar-refractivity contribution in [2.45, 2.75) is 20.4 Å². The quantitative estimate of drug-likeness (QED) is 0.431. The van der Waals surface area contributed by atoms with Crippen molar-refractivity contribution in [1.29, 1.82) is 0 Å². The van der Waals surface area contributed by atoms with Crippen molar-refractivity contribution < 1.29 is 13.9 Å². The van der Waals surface area contributed by atoms with Crippen LogP contribution in [0.5, 0.6) is 11.5 Å². The van der Waals surface area contributed by atoms with Crippen LogP contribution in [0.25, 0.3) is 10.9 Å². The van der Waals surface area contributed by atoms with Gasteiger partial charge in [-0.15, -0.1) is 0 Å². The smallest absolute Gasteiger partial charge is 0.163 e. The summed E-state index contributed by atoms with van der Waals surface area (Å²) in [6.45, 7) is 5.06. The molecule has 0 radical (unpaired) electrons. The number of hydrogen-bond donors (Lipinski definition) is 1. The van der Waals surface area contributed by atoms with E-state index >= 15 is 0 Å². The Morgan fingerprint density at radius 2 is 1.94 bits per heavy atom. The number of benzene rings is 2. The Bertz CT molecular complexity index is 1220. The number of nitrogens with zero attached hydrogens (tertiary/aromatic N) is 4. The number of methoxy groups -OCH3 is 1. The maximum Gasteiger partial charge on any atom is 0.163 e. The lowest BCUT2D eigenvalue weighted by Crippen LogP contribution is -2.11. The van der Waals surface area contributed by atoms with Crippen LogP contribution in [-0.2, 0) is 6.54 Å². The molecule has 9 heteroatoms. The van der Waals surface area contributed by atoms with E-state index in [2.05, 4.69) is 24.8 Å². The molecule has 160 valence electrons. The molecule has 0 saturated carbocycles. The Morgan fingerprint density at radius 1 is 1.10 bits per heavy atom. The minimum atomic E-state index is -0.476. The van der Waals surface area contributed by atoms with Crippen LogP contribution in [0.4, 0.5) is 15.9 Å². The fraction of sp³-hybridized carbons (Fsp3) is 0.227. The highest BCUT2D eigenvalue weighted by Crippen LogP contribution is 2.35. The van der Waals surface area contributed by atoms with Crippen molar-refractivity contribution in [2.24, 2.45) is 0 Å². The predicted octanol–water partition coefficient (Wildman–Crippen LogP) is 5.07. The number of aromatic nitrogens is 4. The average Bonchev–Trinajstić information content (AvgIpc) is 3.07. The van der Waals surface area contributed by atoms with E-state index in [4.69, 9.17) is 21.1 Å². The summed E-state index contributed by atoms with van der Waals surface area (Å²) in [5, 5.41) is 3.98. The molecule has 2 aromatic carbocycles. The molecular formula is C22H21ClFN5O2. The number of halogens is 2. The van der Waals surface area contributed by atoms with Gasteiger partial charge in [-0.1, -0.05) is 11.6 Å². The number of aryl methyl sites for hydroxylation is 2. The molecule has 1 N–H and O–H groups in total. The van der Waals surface area contributed by atoms with E-state index < -0.39 is 5.82 Å². The summed E-state index contributed by atoms with van der Waals surface area (Å²) in [5.41, 5.74) is 1.97. The summed E-state index contributed by atoms with van der Waals surface area (Å²) in [6.07, 6.45) is 3.24. The molecule has 31 heavy (non-hydrogen) atoms. The zero-order valence-corrected chi connectivity index (χ0v) is 18.1. The second-order valence-corrected chi connectivity index (χ2v) is 7.37. The molecule has 0 spiro atoms. The Morgan fingerprint density at radius 3 is 2.65 bits per heavy atom. The molecule has 0 bridgehead atoms. The number of hydrogen-bond acceptors (Lipinski definition) is 6. The van der Waals surface area contributed by atoms with Crippen molar-refractivity contribution in [3.8, 4) is 11.5 Å². The minimum absolute atomic E-state index is 0.259. The molecule has 0 unspecified atom stereocenters. The molecule has 0 saturated heterocycles. The molecule has 4 rings (SSSR count). The highest BCUT2D eigenvalue weighted by Gasteiger charge is 2.13. The normalized spacial score (nSPS) is 11.0. The van der Waals surface area contributed by atoms with Gasteiger partial charge in [0.05, 0.1) is 24.9 Å². The fourth-order valence-corrected chi connectivity index (χ4v) is 3.48.